The third-order valence-corrected chi connectivity index (χ3v) is 4.03. The zero-order valence-electron chi connectivity index (χ0n) is 14.4. The molecular weight excluding hydrogens is 308 g/mol. The summed E-state index contributed by atoms with van der Waals surface area (Å²) in [7, 11) is 3.23. The van der Waals surface area contributed by atoms with Gasteiger partial charge >= 0.3 is 0 Å². The van der Waals surface area contributed by atoms with Crippen LogP contribution in [-0.4, -0.2) is 38.6 Å². The molecule has 0 bridgehead atoms. The molecule has 0 saturated heterocycles. The van der Waals surface area contributed by atoms with Crippen LogP contribution in [0.4, 0.5) is 0 Å². The summed E-state index contributed by atoms with van der Waals surface area (Å²) in [4.78, 5) is 0. The van der Waals surface area contributed by atoms with Crippen LogP contribution in [0.5, 0.6) is 23.0 Å². The summed E-state index contributed by atoms with van der Waals surface area (Å²) in [5.41, 5.74) is 3.85. The largest absolute Gasteiger partial charge is 0.493 e. The Labute approximate surface area is 141 Å². The Kier molecular flexibility index (Phi) is 4.53. The molecule has 1 heterocycles. The molecule has 0 amide bonds. The molecule has 24 heavy (non-hydrogen) atoms. The van der Waals surface area contributed by atoms with E-state index in [1.807, 2.05) is 38.1 Å². The van der Waals surface area contributed by atoms with Gasteiger partial charge in [-0.05, 0) is 49.2 Å². The number of rotatable bonds is 3. The summed E-state index contributed by atoms with van der Waals surface area (Å²) in [6.07, 6.45) is -0.487. The van der Waals surface area contributed by atoms with Crippen molar-refractivity contribution in [1.29, 1.82) is 0 Å². The van der Waals surface area contributed by atoms with Gasteiger partial charge in [-0.3, -0.25) is 0 Å². The summed E-state index contributed by atoms with van der Waals surface area (Å²) >= 11 is 0. The van der Waals surface area contributed by atoms with E-state index in [0.29, 0.717) is 23.0 Å². The first-order chi connectivity index (χ1) is 11.6. The minimum atomic E-state index is -0.487. The van der Waals surface area contributed by atoms with E-state index in [9.17, 15) is 5.11 Å². The summed E-state index contributed by atoms with van der Waals surface area (Å²) in [5, 5.41) is 9.59. The number of methoxy groups -OCH3 is 2. The van der Waals surface area contributed by atoms with Gasteiger partial charge in [-0.15, -0.1) is 0 Å². The van der Waals surface area contributed by atoms with Gasteiger partial charge < -0.3 is 24.1 Å². The number of aliphatic hydroxyl groups is 1. The lowest BCUT2D eigenvalue weighted by Gasteiger charge is -2.27. The molecule has 0 fully saturated rings. The van der Waals surface area contributed by atoms with Gasteiger partial charge in [-0.2, -0.15) is 0 Å². The predicted octanol–water partition coefficient (Wildman–Crippen LogP) is 3.12. The summed E-state index contributed by atoms with van der Waals surface area (Å²) < 4.78 is 22.9. The smallest absolute Gasteiger partial charge is 0.169 e. The van der Waals surface area contributed by atoms with Crippen LogP contribution in [0.3, 0.4) is 0 Å². The second kappa shape index (κ2) is 6.61. The van der Waals surface area contributed by atoms with E-state index in [2.05, 4.69) is 0 Å². The van der Waals surface area contributed by atoms with E-state index in [4.69, 9.17) is 18.9 Å². The van der Waals surface area contributed by atoms with Crippen molar-refractivity contribution in [1.82, 2.24) is 0 Å². The molecule has 1 unspecified atom stereocenters. The Balaban J connectivity index is 2.32. The first-order valence-corrected chi connectivity index (χ1v) is 7.85. The van der Waals surface area contributed by atoms with Crippen LogP contribution >= 0.6 is 0 Å². The zero-order valence-corrected chi connectivity index (χ0v) is 14.4. The lowest BCUT2D eigenvalue weighted by Crippen LogP contribution is -2.30. The van der Waals surface area contributed by atoms with E-state index in [1.165, 1.54) is 0 Å². The normalized spacial score (nSPS) is 16.0. The van der Waals surface area contributed by atoms with E-state index >= 15 is 0 Å². The number of aryl methyl sites for hydroxylation is 2. The zero-order chi connectivity index (χ0) is 17.3. The highest BCUT2D eigenvalue weighted by Gasteiger charge is 2.26. The summed E-state index contributed by atoms with van der Waals surface area (Å²) in [6, 6.07) is 7.92. The molecule has 3 rings (SSSR count). The van der Waals surface area contributed by atoms with Crippen molar-refractivity contribution < 1.29 is 24.1 Å². The number of fused-ring (bicyclic) bond motifs is 3. The molecule has 1 atom stereocenters. The van der Waals surface area contributed by atoms with Crippen molar-refractivity contribution in [3.8, 4) is 34.1 Å². The lowest BCUT2D eigenvalue weighted by atomic mass is 9.97. The van der Waals surface area contributed by atoms with Gasteiger partial charge in [0.2, 0.25) is 0 Å². The molecule has 5 heteroatoms. The standard InChI is InChI=1S/C19H22O5/c1-11-5-14-15-6-12(2)8-17(22-4)19(15)24-13(9-20)10-23-18(14)16(7-11)21-3/h5-8,13,20H,9-10H2,1-4H3. The van der Waals surface area contributed by atoms with Gasteiger partial charge in [0.05, 0.1) is 20.8 Å². The van der Waals surface area contributed by atoms with Gasteiger partial charge in [0.1, 0.15) is 6.61 Å². The Morgan fingerprint density at radius 2 is 1.50 bits per heavy atom. The van der Waals surface area contributed by atoms with Crippen molar-refractivity contribution in [2.45, 2.75) is 20.0 Å². The molecule has 5 nitrogen and oxygen atoms in total. The number of benzene rings is 2. The fourth-order valence-corrected chi connectivity index (χ4v) is 2.92. The Morgan fingerprint density at radius 1 is 0.958 bits per heavy atom. The monoisotopic (exact) mass is 330 g/mol. The molecule has 2 aromatic carbocycles. The Bertz CT molecular complexity index is 754. The lowest BCUT2D eigenvalue weighted by molar-refractivity contribution is 0.0673. The molecule has 1 N–H and O–H groups in total. The van der Waals surface area contributed by atoms with Gasteiger partial charge in [0.25, 0.3) is 0 Å². The molecule has 0 aromatic heterocycles. The van der Waals surface area contributed by atoms with E-state index < -0.39 is 6.10 Å². The molecule has 0 saturated carbocycles. The maximum atomic E-state index is 9.59. The highest BCUT2D eigenvalue weighted by molar-refractivity contribution is 5.82. The number of hydrogen-bond donors (Lipinski definition) is 1. The van der Waals surface area contributed by atoms with E-state index in [-0.39, 0.29) is 13.2 Å². The Morgan fingerprint density at radius 3 is 2.04 bits per heavy atom. The minimum Gasteiger partial charge on any atom is -0.493 e. The first kappa shape index (κ1) is 16.5. The molecule has 0 aliphatic carbocycles. The minimum absolute atomic E-state index is 0.153. The van der Waals surface area contributed by atoms with Crippen molar-refractivity contribution >= 4 is 0 Å². The molecule has 1 aliphatic heterocycles. The third kappa shape index (κ3) is 2.87. The van der Waals surface area contributed by atoms with Crippen molar-refractivity contribution in [2.24, 2.45) is 0 Å². The molecular formula is C19H22O5. The highest BCUT2D eigenvalue weighted by atomic mass is 16.6. The van der Waals surface area contributed by atoms with Crippen LogP contribution in [0, 0.1) is 13.8 Å². The fourth-order valence-electron chi connectivity index (χ4n) is 2.92. The second-order valence-corrected chi connectivity index (χ2v) is 5.92. The summed E-state index contributed by atoms with van der Waals surface area (Å²) in [5.74, 6) is 2.56. The second-order valence-electron chi connectivity index (χ2n) is 5.92. The quantitative estimate of drug-likeness (QED) is 0.937. The van der Waals surface area contributed by atoms with Crippen LogP contribution in [0.15, 0.2) is 24.3 Å². The fraction of sp³-hybridized carbons (Fsp3) is 0.368. The number of aliphatic hydroxyl groups excluding tert-OH is 1. The third-order valence-electron chi connectivity index (χ3n) is 4.03. The average Bonchev–Trinajstić information content (AvgIpc) is 2.57. The van der Waals surface area contributed by atoms with Crippen molar-refractivity contribution in [2.75, 3.05) is 27.4 Å². The van der Waals surface area contributed by atoms with Crippen LogP contribution in [0.25, 0.3) is 11.1 Å². The van der Waals surface area contributed by atoms with Gasteiger partial charge in [-0.25, -0.2) is 0 Å². The molecule has 1 aliphatic rings. The highest BCUT2D eigenvalue weighted by Crippen LogP contribution is 2.47. The topological polar surface area (TPSA) is 57.2 Å². The maximum absolute atomic E-state index is 9.59. The van der Waals surface area contributed by atoms with Gasteiger partial charge in [-0.1, -0.05) is 0 Å². The Hall–Kier alpha value is -2.40. The van der Waals surface area contributed by atoms with Crippen LogP contribution in [0.1, 0.15) is 11.1 Å². The molecule has 0 radical (unpaired) electrons. The van der Waals surface area contributed by atoms with E-state index in [0.717, 1.165) is 22.3 Å². The van der Waals surface area contributed by atoms with Crippen LogP contribution in [-0.2, 0) is 0 Å². The number of ether oxygens (including phenoxy) is 4. The maximum Gasteiger partial charge on any atom is 0.169 e. The van der Waals surface area contributed by atoms with Crippen molar-refractivity contribution in [3.63, 3.8) is 0 Å². The predicted molar refractivity (Wildman–Crippen MR) is 91.5 cm³/mol. The van der Waals surface area contributed by atoms with Gasteiger partial charge in [0, 0.05) is 11.1 Å². The average molecular weight is 330 g/mol. The van der Waals surface area contributed by atoms with Crippen LogP contribution < -0.4 is 18.9 Å². The molecule has 2 aromatic rings. The van der Waals surface area contributed by atoms with E-state index in [1.54, 1.807) is 14.2 Å². The van der Waals surface area contributed by atoms with Gasteiger partial charge in [0.15, 0.2) is 29.1 Å². The number of hydrogen-bond acceptors (Lipinski definition) is 5. The first-order valence-electron chi connectivity index (χ1n) is 7.85. The van der Waals surface area contributed by atoms with Crippen LogP contribution in [0.2, 0.25) is 0 Å². The van der Waals surface area contributed by atoms with Crippen molar-refractivity contribution in [3.05, 3.63) is 35.4 Å². The molecule has 0 spiro atoms. The summed E-state index contributed by atoms with van der Waals surface area (Å²) in [6.45, 7) is 4.07. The molecule has 128 valence electrons. The SMILES string of the molecule is COc1cc(C)cc2c1OCC(CO)Oc1c(OC)cc(C)cc1-2.